The Morgan fingerprint density at radius 2 is 1.64 bits per heavy atom. The van der Waals surface area contributed by atoms with E-state index < -0.39 is 10.0 Å². The lowest BCUT2D eigenvalue weighted by molar-refractivity contribution is 0.603. The predicted octanol–water partition coefficient (Wildman–Crippen LogP) is 0.572. The Bertz CT molecular complexity index is 331. The number of hydrogen-bond acceptors (Lipinski definition) is 2. The Hall–Kier alpha value is -0.870. The number of primary sulfonamides is 1. The maximum absolute atomic E-state index is 9.41. The van der Waals surface area contributed by atoms with E-state index in [-0.39, 0.29) is 0 Å². The SMILES string of the molecule is CS(N)(=O)=O.c1cc2cc-2c1. The van der Waals surface area contributed by atoms with E-state index in [4.69, 9.17) is 0 Å². The van der Waals surface area contributed by atoms with Gasteiger partial charge in [-0.15, -0.1) is 0 Å². The molecule has 0 saturated heterocycles. The van der Waals surface area contributed by atoms with Crippen LogP contribution in [0.25, 0.3) is 11.1 Å². The maximum atomic E-state index is 9.41. The summed E-state index contributed by atoms with van der Waals surface area (Å²) in [6, 6.07) is 8.48. The molecule has 0 aliphatic heterocycles. The molecule has 2 rings (SSSR count). The maximum Gasteiger partial charge on any atom is 0.206 e. The minimum Gasteiger partial charge on any atom is -0.229 e. The van der Waals surface area contributed by atoms with E-state index in [9.17, 15) is 8.42 Å². The van der Waals surface area contributed by atoms with Crippen molar-refractivity contribution in [3.63, 3.8) is 0 Å². The van der Waals surface area contributed by atoms with Gasteiger partial charge >= 0.3 is 0 Å². The molecule has 0 bridgehead atoms. The van der Waals surface area contributed by atoms with Crippen LogP contribution >= 0.6 is 0 Å². The molecule has 0 radical (unpaired) electrons. The number of sulfonamides is 1. The van der Waals surface area contributed by atoms with Gasteiger partial charge in [0, 0.05) is 0 Å². The number of benzene rings is 1. The van der Waals surface area contributed by atoms with Crippen molar-refractivity contribution in [2.75, 3.05) is 6.26 Å². The lowest BCUT2D eigenvalue weighted by Crippen LogP contribution is -2.07. The minimum absolute atomic E-state index is 0.938. The van der Waals surface area contributed by atoms with E-state index in [0.717, 1.165) is 6.26 Å². The zero-order valence-electron chi connectivity index (χ0n) is 6.11. The molecule has 0 fully saturated rings. The first-order valence-corrected chi connectivity index (χ1v) is 5.00. The monoisotopic (exact) mass is 171 g/mol. The quantitative estimate of drug-likeness (QED) is 0.630. The van der Waals surface area contributed by atoms with Crippen LogP contribution in [0.3, 0.4) is 0 Å². The number of hydrogen-bond donors (Lipinski definition) is 1. The summed E-state index contributed by atoms with van der Waals surface area (Å²) in [4.78, 5) is 0. The van der Waals surface area contributed by atoms with Gasteiger partial charge in [-0.2, -0.15) is 0 Å². The van der Waals surface area contributed by atoms with E-state index in [1.807, 2.05) is 0 Å². The zero-order chi connectivity index (χ0) is 8.48. The summed E-state index contributed by atoms with van der Waals surface area (Å²) in [5.74, 6) is 0. The largest absolute Gasteiger partial charge is 0.229 e. The van der Waals surface area contributed by atoms with E-state index in [0.29, 0.717) is 0 Å². The van der Waals surface area contributed by atoms with Gasteiger partial charge in [-0.05, 0) is 17.2 Å². The molecule has 0 heterocycles. The highest BCUT2D eigenvalue weighted by molar-refractivity contribution is 7.88. The van der Waals surface area contributed by atoms with Gasteiger partial charge in [0.2, 0.25) is 10.0 Å². The third-order valence-corrected chi connectivity index (χ3v) is 1.11. The van der Waals surface area contributed by atoms with E-state index in [1.165, 1.54) is 11.1 Å². The summed E-state index contributed by atoms with van der Waals surface area (Å²) in [5.41, 5.74) is 2.85. The fourth-order valence-electron chi connectivity index (χ4n) is 0.676. The summed E-state index contributed by atoms with van der Waals surface area (Å²) < 4.78 is 18.8. The van der Waals surface area contributed by atoms with Crippen LogP contribution in [0.5, 0.6) is 0 Å². The lowest BCUT2D eigenvalue weighted by Gasteiger charge is -1.71. The number of rotatable bonds is 0. The topological polar surface area (TPSA) is 60.2 Å². The van der Waals surface area contributed by atoms with Crippen LogP contribution in [0.4, 0.5) is 0 Å². The highest BCUT2D eigenvalue weighted by atomic mass is 32.2. The minimum atomic E-state index is -3.17. The molecule has 4 heteroatoms. The molecular formula is C7H9NO2S. The summed E-state index contributed by atoms with van der Waals surface area (Å²) in [6.07, 6.45) is 0.938. The van der Waals surface area contributed by atoms with Crippen molar-refractivity contribution >= 4 is 10.0 Å². The van der Waals surface area contributed by atoms with E-state index in [1.54, 1.807) is 0 Å². The van der Waals surface area contributed by atoms with Crippen molar-refractivity contribution in [3.05, 3.63) is 24.3 Å². The van der Waals surface area contributed by atoms with Crippen molar-refractivity contribution in [1.82, 2.24) is 0 Å². The number of fused-ring (bicyclic) bond motifs is 1. The van der Waals surface area contributed by atoms with Gasteiger partial charge in [-0.3, -0.25) is 0 Å². The average Bonchev–Trinajstić information content (AvgIpc) is 2.37. The van der Waals surface area contributed by atoms with Crippen molar-refractivity contribution in [1.29, 1.82) is 0 Å². The molecule has 2 aliphatic rings. The van der Waals surface area contributed by atoms with Gasteiger partial charge in [0.1, 0.15) is 0 Å². The standard InChI is InChI=1S/C6H4.CH5NO2S/c1-2-5-4-6(5)3-1;1-5(2,3)4/h1-4H;1H3,(H2,2,3,4). The van der Waals surface area contributed by atoms with Gasteiger partial charge < -0.3 is 0 Å². The van der Waals surface area contributed by atoms with Crippen LogP contribution in [0.1, 0.15) is 0 Å². The Balaban J connectivity index is 0.000000114. The van der Waals surface area contributed by atoms with Crippen LogP contribution in [-0.2, 0) is 10.0 Å². The summed E-state index contributed by atoms with van der Waals surface area (Å²) >= 11 is 0. The number of nitrogens with two attached hydrogens (primary N) is 1. The second kappa shape index (κ2) is 2.64. The van der Waals surface area contributed by atoms with Crippen LogP contribution in [0, 0.1) is 0 Å². The van der Waals surface area contributed by atoms with E-state index >= 15 is 0 Å². The third kappa shape index (κ3) is 3.75. The first-order chi connectivity index (χ1) is 4.97. The molecule has 0 atom stereocenters. The van der Waals surface area contributed by atoms with Crippen molar-refractivity contribution in [2.24, 2.45) is 5.14 Å². The summed E-state index contributed by atoms with van der Waals surface area (Å²) in [5, 5.41) is 4.33. The van der Waals surface area contributed by atoms with Crippen LogP contribution in [-0.4, -0.2) is 14.7 Å². The normalized spacial score (nSPS) is 11.5. The molecule has 0 aromatic rings. The highest BCUT2D eigenvalue weighted by Gasteiger charge is 2.06. The van der Waals surface area contributed by atoms with Crippen LogP contribution < -0.4 is 5.14 Å². The van der Waals surface area contributed by atoms with Crippen molar-refractivity contribution in [2.45, 2.75) is 0 Å². The molecule has 0 unspecified atom stereocenters. The van der Waals surface area contributed by atoms with E-state index in [2.05, 4.69) is 29.4 Å². The molecule has 2 aliphatic carbocycles. The molecular weight excluding hydrogens is 162 g/mol. The van der Waals surface area contributed by atoms with Crippen LogP contribution in [0.2, 0.25) is 0 Å². The highest BCUT2D eigenvalue weighted by Crippen LogP contribution is 2.32. The zero-order valence-corrected chi connectivity index (χ0v) is 6.93. The van der Waals surface area contributed by atoms with Crippen molar-refractivity contribution < 1.29 is 8.42 Å². The Labute approximate surface area is 65.9 Å². The second-order valence-electron chi connectivity index (χ2n) is 2.41. The van der Waals surface area contributed by atoms with Crippen molar-refractivity contribution in [3.8, 4) is 11.1 Å². The lowest BCUT2D eigenvalue weighted by atomic mass is 10.6. The predicted molar refractivity (Wildman–Crippen MR) is 44.5 cm³/mol. The molecule has 0 saturated carbocycles. The average molecular weight is 171 g/mol. The summed E-state index contributed by atoms with van der Waals surface area (Å²) in [7, 11) is -3.17. The Kier molecular flexibility index (Phi) is 1.97. The molecule has 0 aromatic heterocycles. The first kappa shape index (κ1) is 8.23. The van der Waals surface area contributed by atoms with Gasteiger partial charge in [0.25, 0.3) is 0 Å². The fourth-order valence-corrected chi connectivity index (χ4v) is 0.676. The third-order valence-electron chi connectivity index (χ3n) is 1.11. The Morgan fingerprint density at radius 1 is 1.27 bits per heavy atom. The molecule has 0 aromatic carbocycles. The smallest absolute Gasteiger partial charge is 0.206 e. The summed E-state index contributed by atoms with van der Waals surface area (Å²) in [6.45, 7) is 0. The molecule has 3 nitrogen and oxygen atoms in total. The molecule has 0 spiro atoms. The fraction of sp³-hybridized carbons (Fsp3) is 0.143. The molecule has 0 amide bonds. The van der Waals surface area contributed by atoms with Gasteiger partial charge in [0.15, 0.2) is 0 Å². The van der Waals surface area contributed by atoms with Gasteiger partial charge in [0.05, 0.1) is 6.26 Å². The Morgan fingerprint density at radius 3 is 1.73 bits per heavy atom. The molecule has 11 heavy (non-hydrogen) atoms. The molecule has 2 N–H and O–H groups in total. The first-order valence-electron chi connectivity index (χ1n) is 3.05. The van der Waals surface area contributed by atoms with Crippen LogP contribution in [0.15, 0.2) is 24.3 Å². The van der Waals surface area contributed by atoms with Gasteiger partial charge in [-0.1, -0.05) is 18.2 Å². The molecule has 60 valence electrons. The second-order valence-corrected chi connectivity index (χ2v) is 4.07. The van der Waals surface area contributed by atoms with Gasteiger partial charge in [-0.25, -0.2) is 13.6 Å².